The first-order valence-corrected chi connectivity index (χ1v) is 7.56. The Morgan fingerprint density at radius 3 is 2.87 bits per heavy atom. The number of halogens is 1. The molecule has 1 saturated heterocycles. The molecule has 2 heterocycles. The van der Waals surface area contributed by atoms with Crippen LogP contribution in [0.1, 0.15) is 27.2 Å². The molecule has 1 aliphatic rings. The highest BCUT2D eigenvalue weighted by molar-refractivity contribution is 5.68. The zero-order valence-electron chi connectivity index (χ0n) is 13.7. The number of hydrogen-bond acceptors (Lipinski definition) is 6. The summed E-state index contributed by atoms with van der Waals surface area (Å²) in [6, 6.07) is 0. The number of carbonyl (C=O) groups is 1. The van der Waals surface area contributed by atoms with Crippen molar-refractivity contribution in [1.29, 1.82) is 0 Å². The van der Waals surface area contributed by atoms with E-state index in [1.54, 1.807) is 20.8 Å². The summed E-state index contributed by atoms with van der Waals surface area (Å²) in [4.78, 5) is 21.0. The predicted octanol–water partition coefficient (Wildman–Crippen LogP) is 2.03. The fourth-order valence-electron chi connectivity index (χ4n) is 2.27. The minimum Gasteiger partial charge on any atom is -0.488 e. The van der Waals surface area contributed by atoms with Crippen LogP contribution in [0, 0.1) is 5.92 Å². The van der Waals surface area contributed by atoms with Crippen LogP contribution in [-0.4, -0.2) is 52.4 Å². The molecule has 0 aromatic carbocycles. The summed E-state index contributed by atoms with van der Waals surface area (Å²) in [6.07, 6.45) is 1.60. The van der Waals surface area contributed by atoms with Crippen molar-refractivity contribution in [3.8, 4) is 5.75 Å². The Morgan fingerprint density at radius 1 is 1.52 bits per heavy atom. The summed E-state index contributed by atoms with van der Waals surface area (Å²) in [6.45, 7) is 5.95. The summed E-state index contributed by atoms with van der Waals surface area (Å²) >= 11 is 0. The molecule has 0 aliphatic carbocycles. The Bertz CT molecular complexity index is 550. The lowest BCUT2D eigenvalue weighted by Gasteiger charge is -2.35. The van der Waals surface area contributed by atoms with E-state index in [0.717, 1.165) is 0 Å². The van der Waals surface area contributed by atoms with Gasteiger partial charge in [0.25, 0.3) is 0 Å². The van der Waals surface area contributed by atoms with Gasteiger partial charge in [-0.1, -0.05) is 0 Å². The smallest absolute Gasteiger partial charge is 0.410 e. The monoisotopic (exact) mass is 326 g/mol. The third-order valence-electron chi connectivity index (χ3n) is 3.49. The molecule has 1 aromatic rings. The minimum absolute atomic E-state index is 0.00368. The molecule has 0 bridgehead atoms. The molecule has 23 heavy (non-hydrogen) atoms. The van der Waals surface area contributed by atoms with Crippen molar-refractivity contribution >= 4 is 11.9 Å². The van der Waals surface area contributed by atoms with E-state index in [1.165, 1.54) is 17.4 Å². The molecule has 0 spiro atoms. The van der Waals surface area contributed by atoms with Crippen molar-refractivity contribution in [3.63, 3.8) is 0 Å². The second-order valence-electron chi connectivity index (χ2n) is 6.57. The van der Waals surface area contributed by atoms with Crippen molar-refractivity contribution in [3.05, 3.63) is 12.5 Å². The summed E-state index contributed by atoms with van der Waals surface area (Å²) < 4.78 is 25.1. The fourth-order valence-corrected chi connectivity index (χ4v) is 2.27. The molecule has 7 nitrogen and oxygen atoms in total. The first-order chi connectivity index (χ1) is 10.8. The normalized spacial score (nSPS) is 21.8. The van der Waals surface area contributed by atoms with Gasteiger partial charge in [0.2, 0.25) is 0 Å². The number of carbonyl (C=O) groups excluding carboxylic acids is 1. The van der Waals surface area contributed by atoms with Crippen LogP contribution in [0.15, 0.2) is 12.5 Å². The fraction of sp³-hybridized carbons (Fsp3) is 0.667. The number of amides is 1. The van der Waals surface area contributed by atoms with Gasteiger partial charge in [-0.2, -0.15) is 0 Å². The van der Waals surface area contributed by atoms with Crippen molar-refractivity contribution in [1.82, 2.24) is 14.9 Å². The molecule has 1 aliphatic heterocycles. The van der Waals surface area contributed by atoms with E-state index in [4.69, 9.17) is 15.2 Å². The first-order valence-electron chi connectivity index (χ1n) is 7.56. The van der Waals surface area contributed by atoms with Crippen LogP contribution in [0.3, 0.4) is 0 Å². The van der Waals surface area contributed by atoms with E-state index in [2.05, 4.69) is 9.97 Å². The largest absolute Gasteiger partial charge is 0.488 e. The average molecular weight is 326 g/mol. The Morgan fingerprint density at radius 2 is 2.26 bits per heavy atom. The number of hydrogen-bond donors (Lipinski definition) is 1. The molecule has 0 saturated carbocycles. The average Bonchev–Trinajstić information content (AvgIpc) is 2.45. The molecule has 0 unspecified atom stereocenters. The summed E-state index contributed by atoms with van der Waals surface area (Å²) in [5.74, 6) is 0.254. The van der Waals surface area contributed by atoms with E-state index in [0.29, 0.717) is 18.7 Å². The van der Waals surface area contributed by atoms with Gasteiger partial charge >= 0.3 is 6.09 Å². The van der Waals surface area contributed by atoms with Gasteiger partial charge < -0.3 is 20.1 Å². The van der Waals surface area contributed by atoms with Crippen LogP contribution < -0.4 is 10.5 Å². The Balaban J connectivity index is 1.84. The first kappa shape index (κ1) is 17.2. The number of anilines is 1. The quantitative estimate of drug-likeness (QED) is 0.914. The lowest BCUT2D eigenvalue weighted by molar-refractivity contribution is 0.000423. The van der Waals surface area contributed by atoms with E-state index >= 15 is 0 Å². The van der Waals surface area contributed by atoms with E-state index in [-0.39, 0.29) is 24.9 Å². The molecule has 2 rings (SSSR count). The lowest BCUT2D eigenvalue weighted by Crippen LogP contribution is -2.48. The third-order valence-corrected chi connectivity index (χ3v) is 3.49. The third kappa shape index (κ3) is 4.94. The van der Waals surface area contributed by atoms with Crippen molar-refractivity contribution in [2.24, 2.45) is 5.92 Å². The van der Waals surface area contributed by atoms with Gasteiger partial charge in [-0.05, 0) is 27.2 Å². The second-order valence-corrected chi connectivity index (χ2v) is 6.57. The Labute approximate surface area is 135 Å². The minimum atomic E-state index is -1.18. The topological polar surface area (TPSA) is 90.6 Å². The van der Waals surface area contributed by atoms with E-state index in [1.807, 2.05) is 0 Å². The van der Waals surface area contributed by atoms with Gasteiger partial charge in [0.1, 0.15) is 18.1 Å². The Hall–Kier alpha value is -2.12. The predicted molar refractivity (Wildman–Crippen MR) is 82.7 cm³/mol. The SMILES string of the molecule is CC(C)(C)OC(=O)N1CC[C@@H](COc2cncnc2N)[C@H](F)C1. The van der Waals surface area contributed by atoms with Gasteiger partial charge in [0, 0.05) is 12.5 Å². The number of alkyl halides is 1. The highest BCUT2D eigenvalue weighted by Gasteiger charge is 2.34. The summed E-state index contributed by atoms with van der Waals surface area (Å²) in [7, 11) is 0. The van der Waals surface area contributed by atoms with Crippen molar-refractivity contribution < 1.29 is 18.7 Å². The standard InChI is InChI=1S/C15H23FN4O3/c1-15(2,3)23-14(21)20-5-4-10(11(16)7-20)8-22-12-6-18-9-19-13(12)17/h6,9-11H,4-5,7-8H2,1-3H3,(H2,17,18,19)/t10-,11+/m0/s1. The molecular formula is C15H23FN4O3. The van der Waals surface area contributed by atoms with Crippen LogP contribution in [-0.2, 0) is 4.74 Å². The Kier molecular flexibility index (Phi) is 5.23. The van der Waals surface area contributed by atoms with Gasteiger partial charge in [-0.25, -0.2) is 19.2 Å². The molecule has 0 radical (unpaired) electrons. The zero-order chi connectivity index (χ0) is 17.0. The number of likely N-dealkylation sites (tertiary alicyclic amines) is 1. The number of rotatable bonds is 3. The van der Waals surface area contributed by atoms with Crippen LogP contribution in [0.25, 0.3) is 0 Å². The summed E-state index contributed by atoms with van der Waals surface area (Å²) in [5.41, 5.74) is 5.06. The van der Waals surface area contributed by atoms with E-state index < -0.39 is 17.9 Å². The maximum atomic E-state index is 14.3. The molecular weight excluding hydrogens is 303 g/mol. The number of nitrogen functional groups attached to an aromatic ring is 1. The lowest BCUT2D eigenvalue weighted by atomic mass is 9.96. The maximum Gasteiger partial charge on any atom is 0.410 e. The van der Waals surface area contributed by atoms with E-state index in [9.17, 15) is 9.18 Å². The number of piperidine rings is 1. The molecule has 2 atom stereocenters. The maximum absolute atomic E-state index is 14.3. The van der Waals surface area contributed by atoms with Crippen LogP contribution in [0.5, 0.6) is 5.75 Å². The number of ether oxygens (including phenoxy) is 2. The number of nitrogens with two attached hydrogens (primary N) is 1. The molecule has 2 N–H and O–H groups in total. The highest BCUT2D eigenvalue weighted by Crippen LogP contribution is 2.24. The summed E-state index contributed by atoms with van der Waals surface area (Å²) in [5, 5.41) is 0. The number of aromatic nitrogens is 2. The second kappa shape index (κ2) is 6.97. The molecule has 1 aromatic heterocycles. The van der Waals surface area contributed by atoms with Crippen LogP contribution >= 0.6 is 0 Å². The van der Waals surface area contributed by atoms with Crippen molar-refractivity contribution in [2.45, 2.75) is 39.0 Å². The molecule has 1 fully saturated rings. The zero-order valence-corrected chi connectivity index (χ0v) is 13.7. The molecule has 1 amide bonds. The van der Waals surface area contributed by atoms with Gasteiger partial charge in [-0.15, -0.1) is 0 Å². The highest BCUT2D eigenvalue weighted by atomic mass is 19.1. The van der Waals surface area contributed by atoms with Crippen LogP contribution in [0.4, 0.5) is 15.0 Å². The van der Waals surface area contributed by atoms with Crippen LogP contribution in [0.2, 0.25) is 0 Å². The molecule has 128 valence electrons. The van der Waals surface area contributed by atoms with Gasteiger partial charge in [-0.3, -0.25) is 0 Å². The van der Waals surface area contributed by atoms with Crippen molar-refractivity contribution in [2.75, 3.05) is 25.4 Å². The number of nitrogens with zero attached hydrogens (tertiary/aromatic N) is 3. The van der Waals surface area contributed by atoms with Gasteiger partial charge in [0.15, 0.2) is 11.6 Å². The molecule has 8 heteroatoms. The van der Waals surface area contributed by atoms with Gasteiger partial charge in [0.05, 0.1) is 19.3 Å².